The highest BCUT2D eigenvalue weighted by atomic mass is 16.4. The van der Waals surface area contributed by atoms with Gasteiger partial charge in [0, 0.05) is 11.9 Å². The summed E-state index contributed by atoms with van der Waals surface area (Å²) < 4.78 is 1.91. The molecule has 1 atom stereocenters. The van der Waals surface area contributed by atoms with Gasteiger partial charge in [0.25, 0.3) is 5.91 Å². The summed E-state index contributed by atoms with van der Waals surface area (Å²) in [5.74, 6) is -0.151. The number of hydrogen-bond acceptors (Lipinski definition) is 4. The predicted octanol–water partition coefficient (Wildman–Crippen LogP) is 6.15. The third-order valence-electron chi connectivity index (χ3n) is 6.42. The van der Waals surface area contributed by atoms with Crippen LogP contribution in [0.1, 0.15) is 64.6 Å². The minimum absolute atomic E-state index is 0.218. The number of carbonyl (C=O) groups is 2. The molecule has 0 spiro atoms. The van der Waals surface area contributed by atoms with Crippen molar-refractivity contribution >= 4 is 29.0 Å². The van der Waals surface area contributed by atoms with Gasteiger partial charge in [-0.3, -0.25) is 14.0 Å². The maximum absolute atomic E-state index is 13.5. The van der Waals surface area contributed by atoms with E-state index >= 15 is 0 Å². The zero-order chi connectivity index (χ0) is 26.7. The van der Waals surface area contributed by atoms with E-state index in [-0.39, 0.29) is 12.3 Å². The molecule has 0 saturated carbocycles. The number of carboxylic acid groups (broad SMARTS) is 1. The lowest BCUT2D eigenvalue weighted by Crippen LogP contribution is -2.30. The normalized spacial score (nSPS) is 12.1. The number of hydrogen-bond donors (Lipinski definition) is 3. The minimum Gasteiger partial charge on any atom is -0.481 e. The van der Waals surface area contributed by atoms with Gasteiger partial charge in [0.15, 0.2) is 5.65 Å². The van der Waals surface area contributed by atoms with Gasteiger partial charge < -0.3 is 15.7 Å². The van der Waals surface area contributed by atoms with E-state index in [0.717, 1.165) is 45.9 Å². The Morgan fingerprint density at radius 3 is 2.35 bits per heavy atom. The van der Waals surface area contributed by atoms with Crippen LogP contribution in [-0.2, 0) is 11.2 Å². The van der Waals surface area contributed by atoms with E-state index in [0.29, 0.717) is 17.1 Å². The van der Waals surface area contributed by atoms with E-state index in [1.807, 2.05) is 53.9 Å². The summed E-state index contributed by atoms with van der Waals surface area (Å²) in [7, 11) is 0. The summed E-state index contributed by atoms with van der Waals surface area (Å²) in [5.41, 5.74) is 6.81. The number of pyridine rings is 1. The Morgan fingerprint density at radius 1 is 1.00 bits per heavy atom. The van der Waals surface area contributed by atoms with Crippen LogP contribution < -0.4 is 10.6 Å². The molecule has 37 heavy (non-hydrogen) atoms. The topological polar surface area (TPSA) is 95.7 Å². The molecule has 0 aliphatic carbocycles. The molecule has 4 rings (SSSR count). The van der Waals surface area contributed by atoms with E-state index in [4.69, 9.17) is 4.98 Å². The first-order valence-electron chi connectivity index (χ1n) is 12.6. The van der Waals surface area contributed by atoms with Gasteiger partial charge in [0.05, 0.1) is 23.7 Å². The highest BCUT2D eigenvalue weighted by molar-refractivity contribution is 6.00. The van der Waals surface area contributed by atoms with Crippen molar-refractivity contribution in [1.82, 2.24) is 14.7 Å². The van der Waals surface area contributed by atoms with Gasteiger partial charge in [-0.05, 0) is 61.9 Å². The molecule has 1 unspecified atom stereocenters. The van der Waals surface area contributed by atoms with Crippen LogP contribution in [0.4, 0.5) is 11.5 Å². The Morgan fingerprint density at radius 2 is 1.70 bits per heavy atom. The quantitative estimate of drug-likeness (QED) is 0.257. The van der Waals surface area contributed by atoms with E-state index in [2.05, 4.69) is 50.5 Å². The average Bonchev–Trinajstić information content (AvgIpc) is 3.16. The van der Waals surface area contributed by atoms with Gasteiger partial charge in [-0.15, -0.1) is 0 Å². The SMILES string of the molecule is Cc1cccc(C(CC(=O)O)NC(=O)c2cccn3c(Nc4c(C)cccc4C)c(CC(C)C)nc23)c1. The van der Waals surface area contributed by atoms with E-state index in [1.165, 1.54) is 0 Å². The molecule has 0 bridgehead atoms. The third kappa shape index (κ3) is 5.82. The number of nitrogens with one attached hydrogen (secondary N) is 2. The molecule has 0 aliphatic rings. The fourth-order valence-corrected chi connectivity index (χ4v) is 4.63. The van der Waals surface area contributed by atoms with Crippen LogP contribution in [0.25, 0.3) is 5.65 Å². The maximum atomic E-state index is 13.5. The molecule has 2 aromatic heterocycles. The van der Waals surface area contributed by atoms with Crippen molar-refractivity contribution in [3.8, 4) is 0 Å². The van der Waals surface area contributed by atoms with Crippen molar-refractivity contribution in [3.63, 3.8) is 0 Å². The molecule has 0 fully saturated rings. The predicted molar refractivity (Wildman–Crippen MR) is 147 cm³/mol. The molecular weight excluding hydrogens is 464 g/mol. The smallest absolute Gasteiger partial charge is 0.305 e. The van der Waals surface area contributed by atoms with Gasteiger partial charge in [-0.25, -0.2) is 4.98 Å². The van der Waals surface area contributed by atoms with Gasteiger partial charge in [0.2, 0.25) is 0 Å². The number of aliphatic carboxylic acids is 1. The lowest BCUT2D eigenvalue weighted by Gasteiger charge is -2.18. The van der Waals surface area contributed by atoms with Gasteiger partial charge in [-0.1, -0.05) is 61.9 Å². The van der Waals surface area contributed by atoms with Crippen molar-refractivity contribution in [1.29, 1.82) is 0 Å². The summed E-state index contributed by atoms with van der Waals surface area (Å²) >= 11 is 0. The number of aromatic nitrogens is 2. The van der Waals surface area contributed by atoms with Crippen molar-refractivity contribution in [2.45, 2.75) is 53.5 Å². The standard InChI is InChI=1S/C30H34N4O3/c1-18(2)15-25-29(33-27-20(4)10-7-11-21(27)5)34-14-8-13-23(28(34)31-25)30(37)32-24(17-26(35)36)22-12-6-9-19(3)16-22/h6-14,16,18,24,33H,15,17H2,1-5H3,(H,32,37)(H,35,36). The summed E-state index contributed by atoms with van der Waals surface area (Å²) in [5, 5.41) is 16.0. The van der Waals surface area contributed by atoms with Crippen molar-refractivity contribution < 1.29 is 14.7 Å². The van der Waals surface area contributed by atoms with Crippen molar-refractivity contribution in [2.75, 3.05) is 5.32 Å². The highest BCUT2D eigenvalue weighted by Gasteiger charge is 2.23. The summed E-state index contributed by atoms with van der Waals surface area (Å²) in [6.45, 7) is 10.3. The van der Waals surface area contributed by atoms with Gasteiger partial charge >= 0.3 is 5.97 Å². The first-order chi connectivity index (χ1) is 17.6. The maximum Gasteiger partial charge on any atom is 0.305 e. The zero-order valence-corrected chi connectivity index (χ0v) is 22.0. The largest absolute Gasteiger partial charge is 0.481 e. The van der Waals surface area contributed by atoms with Gasteiger partial charge in [0.1, 0.15) is 5.82 Å². The number of carbonyl (C=O) groups excluding carboxylic acids is 1. The summed E-state index contributed by atoms with van der Waals surface area (Å²) in [4.78, 5) is 30.0. The average molecular weight is 499 g/mol. The first-order valence-corrected chi connectivity index (χ1v) is 12.6. The van der Waals surface area contributed by atoms with Gasteiger partial charge in [-0.2, -0.15) is 0 Å². The Labute approximate surface area is 217 Å². The molecule has 7 heteroatoms. The monoisotopic (exact) mass is 498 g/mol. The second kappa shape index (κ2) is 10.9. The Balaban J connectivity index is 1.76. The number of fused-ring (bicyclic) bond motifs is 1. The van der Waals surface area contributed by atoms with Crippen molar-refractivity contribution in [2.24, 2.45) is 5.92 Å². The summed E-state index contributed by atoms with van der Waals surface area (Å²) in [6, 6.07) is 16.6. The van der Waals surface area contributed by atoms with Crippen molar-refractivity contribution in [3.05, 3.63) is 94.3 Å². The lowest BCUT2D eigenvalue weighted by molar-refractivity contribution is -0.137. The van der Waals surface area contributed by atoms with Crippen LogP contribution in [0.2, 0.25) is 0 Å². The molecule has 1 amide bonds. The lowest BCUT2D eigenvalue weighted by atomic mass is 10.0. The number of anilines is 2. The highest BCUT2D eigenvalue weighted by Crippen LogP contribution is 2.30. The molecule has 192 valence electrons. The number of aryl methyl sites for hydroxylation is 3. The molecule has 0 radical (unpaired) electrons. The van der Waals surface area contributed by atoms with E-state index in [1.54, 1.807) is 6.07 Å². The first kappa shape index (κ1) is 25.9. The number of imidazole rings is 1. The Bertz CT molecular complexity index is 1430. The second-order valence-corrected chi connectivity index (χ2v) is 10.1. The number of rotatable bonds is 9. The Hall–Kier alpha value is -4.13. The molecule has 0 saturated heterocycles. The van der Waals surface area contributed by atoms with E-state index < -0.39 is 12.0 Å². The molecule has 0 aliphatic heterocycles. The second-order valence-electron chi connectivity index (χ2n) is 10.1. The Kier molecular flexibility index (Phi) is 7.62. The minimum atomic E-state index is -0.981. The third-order valence-corrected chi connectivity index (χ3v) is 6.42. The molecule has 4 aromatic rings. The molecule has 2 aromatic carbocycles. The van der Waals surface area contributed by atoms with E-state index in [9.17, 15) is 14.7 Å². The number of amides is 1. The molecular formula is C30H34N4O3. The molecule has 7 nitrogen and oxygen atoms in total. The zero-order valence-electron chi connectivity index (χ0n) is 22.0. The summed E-state index contributed by atoms with van der Waals surface area (Å²) in [6.07, 6.45) is 2.42. The van der Waals surface area contributed by atoms with Crippen LogP contribution in [0, 0.1) is 26.7 Å². The number of benzene rings is 2. The molecule has 2 heterocycles. The fourth-order valence-electron chi connectivity index (χ4n) is 4.63. The molecule has 3 N–H and O–H groups in total. The van der Waals surface area contributed by atoms with Crippen LogP contribution in [0.3, 0.4) is 0 Å². The fraction of sp³-hybridized carbons (Fsp3) is 0.300. The number of para-hydroxylation sites is 1. The van der Waals surface area contributed by atoms with Crippen LogP contribution in [0.5, 0.6) is 0 Å². The van der Waals surface area contributed by atoms with Crippen LogP contribution in [-0.4, -0.2) is 26.4 Å². The number of carboxylic acids is 1. The van der Waals surface area contributed by atoms with Crippen LogP contribution >= 0.6 is 0 Å². The number of nitrogens with zero attached hydrogens (tertiary/aromatic N) is 2. The van der Waals surface area contributed by atoms with Crippen LogP contribution in [0.15, 0.2) is 60.8 Å².